The Bertz CT molecular complexity index is 298. The first-order valence-corrected chi connectivity index (χ1v) is 6.85. The molecule has 0 aromatic carbocycles. The van der Waals surface area contributed by atoms with Gasteiger partial charge in [-0.05, 0) is 19.3 Å². The van der Waals surface area contributed by atoms with Crippen molar-refractivity contribution < 1.29 is 19.1 Å². The summed E-state index contributed by atoms with van der Waals surface area (Å²) in [6, 6.07) is 0. The maximum absolute atomic E-state index is 11.7. The highest BCUT2D eigenvalue weighted by Gasteiger charge is 2.44. The van der Waals surface area contributed by atoms with Gasteiger partial charge in [0.15, 0.2) is 6.10 Å². The second-order valence-electron chi connectivity index (χ2n) is 5.44. The van der Waals surface area contributed by atoms with E-state index >= 15 is 0 Å². The van der Waals surface area contributed by atoms with Gasteiger partial charge in [0, 0.05) is 6.42 Å². The second kappa shape index (κ2) is 6.76. The lowest BCUT2D eigenvalue weighted by Gasteiger charge is -2.19. The topological polar surface area (TPSA) is 52.6 Å². The SMILES string of the molecule is CCCCC1C(=O)O[C@@H](C)[C@H]1OC(=O)CC(C)C. The molecule has 0 aliphatic carbocycles. The largest absolute Gasteiger partial charge is 0.458 e. The fourth-order valence-electron chi connectivity index (χ4n) is 2.22. The van der Waals surface area contributed by atoms with Crippen LogP contribution in [0.15, 0.2) is 0 Å². The van der Waals surface area contributed by atoms with E-state index in [1.807, 2.05) is 13.8 Å². The van der Waals surface area contributed by atoms with Crippen molar-refractivity contribution in [1.82, 2.24) is 0 Å². The van der Waals surface area contributed by atoms with Crippen LogP contribution in [0.4, 0.5) is 0 Å². The third kappa shape index (κ3) is 4.00. The highest BCUT2D eigenvalue weighted by Crippen LogP contribution is 2.29. The third-order valence-corrected chi connectivity index (χ3v) is 3.18. The molecule has 1 aliphatic heterocycles. The van der Waals surface area contributed by atoms with Crippen LogP contribution in [0.1, 0.15) is 53.4 Å². The Labute approximate surface area is 109 Å². The maximum atomic E-state index is 11.7. The summed E-state index contributed by atoms with van der Waals surface area (Å²) in [6.07, 6.45) is 2.36. The van der Waals surface area contributed by atoms with Gasteiger partial charge in [-0.25, -0.2) is 0 Å². The Morgan fingerprint density at radius 1 is 1.44 bits per heavy atom. The van der Waals surface area contributed by atoms with E-state index in [1.165, 1.54) is 0 Å². The lowest BCUT2D eigenvalue weighted by Crippen LogP contribution is -2.31. The van der Waals surface area contributed by atoms with Gasteiger partial charge in [0.1, 0.15) is 6.10 Å². The van der Waals surface area contributed by atoms with Gasteiger partial charge in [0.05, 0.1) is 5.92 Å². The zero-order valence-corrected chi connectivity index (χ0v) is 11.8. The molecular formula is C14H24O4. The summed E-state index contributed by atoms with van der Waals surface area (Å²) in [6.45, 7) is 7.80. The Hall–Kier alpha value is -1.06. The highest BCUT2D eigenvalue weighted by molar-refractivity contribution is 5.77. The van der Waals surface area contributed by atoms with Crippen LogP contribution in [0.5, 0.6) is 0 Å². The monoisotopic (exact) mass is 256 g/mol. The lowest BCUT2D eigenvalue weighted by molar-refractivity contribution is -0.154. The zero-order valence-electron chi connectivity index (χ0n) is 11.8. The number of carbonyl (C=O) groups excluding carboxylic acids is 2. The fraction of sp³-hybridized carbons (Fsp3) is 0.857. The number of cyclic esters (lactones) is 1. The summed E-state index contributed by atoms with van der Waals surface area (Å²) in [5, 5.41) is 0. The first kappa shape index (κ1) is 15.0. The molecule has 18 heavy (non-hydrogen) atoms. The minimum Gasteiger partial charge on any atom is -0.458 e. The van der Waals surface area contributed by atoms with E-state index in [1.54, 1.807) is 6.92 Å². The first-order valence-electron chi connectivity index (χ1n) is 6.85. The predicted octanol–water partition coefficient (Wildman–Crippen LogP) is 2.70. The van der Waals surface area contributed by atoms with E-state index in [2.05, 4.69) is 6.92 Å². The van der Waals surface area contributed by atoms with Crippen LogP contribution in [-0.4, -0.2) is 24.1 Å². The molecule has 1 saturated heterocycles. The molecule has 0 radical (unpaired) electrons. The van der Waals surface area contributed by atoms with Crippen LogP contribution < -0.4 is 0 Å². The number of carbonyl (C=O) groups is 2. The van der Waals surface area contributed by atoms with Crippen molar-refractivity contribution >= 4 is 11.9 Å². The molecule has 4 heteroatoms. The molecular weight excluding hydrogens is 232 g/mol. The van der Waals surface area contributed by atoms with E-state index in [-0.39, 0.29) is 29.9 Å². The molecule has 1 heterocycles. The summed E-state index contributed by atoms with van der Waals surface area (Å²) in [4.78, 5) is 23.4. The van der Waals surface area contributed by atoms with Gasteiger partial charge in [-0.15, -0.1) is 0 Å². The minimum atomic E-state index is -0.407. The van der Waals surface area contributed by atoms with E-state index in [0.717, 1.165) is 19.3 Å². The lowest BCUT2D eigenvalue weighted by atomic mass is 9.95. The molecule has 1 fully saturated rings. The third-order valence-electron chi connectivity index (χ3n) is 3.18. The Morgan fingerprint density at radius 3 is 2.67 bits per heavy atom. The molecule has 0 bridgehead atoms. The second-order valence-corrected chi connectivity index (χ2v) is 5.44. The molecule has 0 aromatic rings. The van der Waals surface area contributed by atoms with Crippen LogP contribution in [0.25, 0.3) is 0 Å². The average molecular weight is 256 g/mol. The van der Waals surface area contributed by atoms with Gasteiger partial charge >= 0.3 is 11.9 Å². The smallest absolute Gasteiger partial charge is 0.313 e. The van der Waals surface area contributed by atoms with Gasteiger partial charge < -0.3 is 9.47 Å². The van der Waals surface area contributed by atoms with Gasteiger partial charge in [-0.1, -0.05) is 33.6 Å². The van der Waals surface area contributed by atoms with E-state index < -0.39 is 6.10 Å². The quantitative estimate of drug-likeness (QED) is 0.686. The number of hydrogen-bond donors (Lipinski definition) is 0. The Kier molecular flexibility index (Phi) is 5.63. The van der Waals surface area contributed by atoms with Crippen LogP contribution in [-0.2, 0) is 19.1 Å². The molecule has 0 N–H and O–H groups in total. The molecule has 3 atom stereocenters. The van der Waals surface area contributed by atoms with Crippen molar-refractivity contribution in [3.8, 4) is 0 Å². The Balaban J connectivity index is 2.59. The number of esters is 2. The van der Waals surface area contributed by atoms with Crippen LogP contribution in [0.3, 0.4) is 0 Å². The highest BCUT2D eigenvalue weighted by atomic mass is 16.6. The maximum Gasteiger partial charge on any atom is 0.313 e. The molecule has 4 nitrogen and oxygen atoms in total. The molecule has 0 aromatic heterocycles. The van der Waals surface area contributed by atoms with Crippen LogP contribution in [0.2, 0.25) is 0 Å². The van der Waals surface area contributed by atoms with Crippen molar-refractivity contribution in [2.24, 2.45) is 11.8 Å². The molecule has 1 rings (SSSR count). The van der Waals surface area contributed by atoms with Crippen molar-refractivity contribution in [3.05, 3.63) is 0 Å². The molecule has 0 spiro atoms. The Morgan fingerprint density at radius 2 is 2.11 bits per heavy atom. The molecule has 1 aliphatic rings. The standard InChI is InChI=1S/C14H24O4/c1-5-6-7-11-13(10(4)17-14(11)16)18-12(15)8-9(2)3/h9-11,13H,5-8H2,1-4H3/t10-,11?,13+/m0/s1. The fourth-order valence-corrected chi connectivity index (χ4v) is 2.22. The predicted molar refractivity (Wildman–Crippen MR) is 67.9 cm³/mol. The molecule has 104 valence electrons. The van der Waals surface area contributed by atoms with Crippen molar-refractivity contribution in [2.75, 3.05) is 0 Å². The normalized spacial score (nSPS) is 27.4. The van der Waals surface area contributed by atoms with E-state index in [9.17, 15) is 9.59 Å². The minimum absolute atomic E-state index is 0.224. The van der Waals surface area contributed by atoms with E-state index in [4.69, 9.17) is 9.47 Å². The van der Waals surface area contributed by atoms with Crippen LogP contribution in [0, 0.1) is 11.8 Å². The summed E-state index contributed by atoms with van der Waals surface area (Å²) in [5.74, 6) is -0.476. The number of ether oxygens (including phenoxy) is 2. The summed E-state index contributed by atoms with van der Waals surface area (Å²) < 4.78 is 10.6. The van der Waals surface area contributed by atoms with Crippen LogP contribution >= 0.6 is 0 Å². The van der Waals surface area contributed by atoms with Gasteiger partial charge in [-0.2, -0.15) is 0 Å². The molecule has 1 unspecified atom stereocenters. The number of hydrogen-bond acceptors (Lipinski definition) is 4. The molecule has 0 saturated carbocycles. The zero-order chi connectivity index (χ0) is 13.7. The van der Waals surface area contributed by atoms with E-state index in [0.29, 0.717) is 6.42 Å². The van der Waals surface area contributed by atoms with Crippen molar-refractivity contribution in [2.45, 2.75) is 65.6 Å². The van der Waals surface area contributed by atoms with Gasteiger partial charge in [0.25, 0.3) is 0 Å². The van der Waals surface area contributed by atoms with Gasteiger partial charge in [-0.3, -0.25) is 9.59 Å². The summed E-state index contributed by atoms with van der Waals surface area (Å²) in [5.41, 5.74) is 0. The van der Waals surface area contributed by atoms with Gasteiger partial charge in [0.2, 0.25) is 0 Å². The number of unbranched alkanes of at least 4 members (excludes halogenated alkanes) is 1. The van der Waals surface area contributed by atoms with Crippen molar-refractivity contribution in [1.29, 1.82) is 0 Å². The summed E-state index contributed by atoms with van der Waals surface area (Å²) in [7, 11) is 0. The summed E-state index contributed by atoms with van der Waals surface area (Å²) >= 11 is 0. The first-order chi connectivity index (χ1) is 8.45. The average Bonchev–Trinajstić information content (AvgIpc) is 2.50. The molecule has 0 amide bonds. The number of rotatable bonds is 6. The van der Waals surface area contributed by atoms with Crippen molar-refractivity contribution in [3.63, 3.8) is 0 Å².